The monoisotopic (exact) mass is 194 g/mol. The third-order valence-electron chi connectivity index (χ3n) is 0.994. The first-order valence-electron chi connectivity index (χ1n) is 3.90. The summed E-state index contributed by atoms with van der Waals surface area (Å²) in [6, 6.07) is 0. The Morgan fingerprint density at radius 3 is 2.15 bits per heavy atom. The number of carbonyl (C=O) groups is 1. The Hall–Kier alpha value is -0.850. The van der Waals surface area contributed by atoms with Gasteiger partial charge in [-0.3, -0.25) is 0 Å². The van der Waals surface area contributed by atoms with Crippen LogP contribution in [0.4, 0.5) is 4.79 Å². The van der Waals surface area contributed by atoms with Crippen LogP contribution in [0.1, 0.15) is 0 Å². The van der Waals surface area contributed by atoms with E-state index in [-0.39, 0.29) is 39.6 Å². The predicted octanol–water partition coefficient (Wildman–Crippen LogP) is -0.859. The van der Waals surface area contributed by atoms with Crippen LogP contribution in [0.15, 0.2) is 0 Å². The summed E-state index contributed by atoms with van der Waals surface area (Å²) in [5.41, 5.74) is 0. The van der Waals surface area contributed by atoms with E-state index in [0.29, 0.717) is 0 Å². The van der Waals surface area contributed by atoms with Crippen molar-refractivity contribution in [1.82, 2.24) is 0 Å². The number of aliphatic hydroxyl groups excluding tert-OH is 2. The number of rotatable bonds is 7. The molecule has 0 aromatic heterocycles. The number of carbonyl (C=O) groups excluding carboxylic acids is 1. The van der Waals surface area contributed by atoms with Crippen LogP contribution < -0.4 is 0 Å². The van der Waals surface area contributed by atoms with Crippen molar-refractivity contribution in [2.45, 2.75) is 0 Å². The van der Waals surface area contributed by atoms with Gasteiger partial charge in [-0.05, 0) is 0 Å². The average molecular weight is 194 g/mol. The fourth-order valence-electron chi connectivity index (χ4n) is 0.521. The van der Waals surface area contributed by atoms with Crippen molar-refractivity contribution in [1.29, 1.82) is 0 Å². The third-order valence-corrected chi connectivity index (χ3v) is 0.994. The molecule has 13 heavy (non-hydrogen) atoms. The van der Waals surface area contributed by atoms with Crippen molar-refractivity contribution in [3.63, 3.8) is 0 Å². The predicted molar refractivity (Wildman–Crippen MR) is 42.3 cm³/mol. The van der Waals surface area contributed by atoms with Gasteiger partial charge in [0.1, 0.15) is 13.2 Å². The van der Waals surface area contributed by atoms with E-state index in [0.717, 1.165) is 0 Å². The highest BCUT2D eigenvalue weighted by atomic mass is 16.7. The lowest BCUT2D eigenvalue weighted by atomic mass is 10.7. The standard InChI is InChI=1S/C7H14O6/c8-1-3-11-5-6-13-7(10)12-4-2-9/h8-9H,1-6H2. The van der Waals surface area contributed by atoms with Crippen LogP contribution in [0.3, 0.4) is 0 Å². The first-order chi connectivity index (χ1) is 6.31. The molecule has 0 aliphatic rings. The maximum absolute atomic E-state index is 10.6. The van der Waals surface area contributed by atoms with Gasteiger partial charge in [-0.15, -0.1) is 0 Å². The van der Waals surface area contributed by atoms with Gasteiger partial charge >= 0.3 is 6.16 Å². The molecule has 6 nitrogen and oxygen atoms in total. The smallest absolute Gasteiger partial charge is 0.432 e. The largest absolute Gasteiger partial charge is 0.508 e. The molecule has 0 atom stereocenters. The van der Waals surface area contributed by atoms with Gasteiger partial charge in [0.2, 0.25) is 0 Å². The molecular weight excluding hydrogens is 180 g/mol. The van der Waals surface area contributed by atoms with Gasteiger partial charge in [0.15, 0.2) is 0 Å². The summed E-state index contributed by atoms with van der Waals surface area (Å²) >= 11 is 0. The van der Waals surface area contributed by atoms with Crippen LogP contribution in [-0.4, -0.2) is 56.0 Å². The minimum absolute atomic E-state index is 0.0606. The Morgan fingerprint density at radius 2 is 1.54 bits per heavy atom. The Labute approximate surface area is 76.0 Å². The van der Waals surface area contributed by atoms with E-state index in [1.54, 1.807) is 0 Å². The Balaban J connectivity index is 3.08. The van der Waals surface area contributed by atoms with E-state index in [1.807, 2.05) is 0 Å². The quantitative estimate of drug-likeness (QED) is 0.405. The normalized spacial score (nSPS) is 9.69. The van der Waals surface area contributed by atoms with Gasteiger partial charge in [-0.2, -0.15) is 0 Å². The molecule has 0 aliphatic carbocycles. The maximum atomic E-state index is 10.6. The fraction of sp³-hybridized carbons (Fsp3) is 0.857. The van der Waals surface area contributed by atoms with Gasteiger partial charge in [0, 0.05) is 0 Å². The Kier molecular flexibility index (Phi) is 8.64. The highest BCUT2D eigenvalue weighted by Crippen LogP contribution is 1.85. The van der Waals surface area contributed by atoms with E-state index in [2.05, 4.69) is 9.47 Å². The second-order valence-electron chi connectivity index (χ2n) is 2.01. The molecule has 0 unspecified atom stereocenters. The summed E-state index contributed by atoms with van der Waals surface area (Å²) in [6.07, 6.45) is -0.832. The van der Waals surface area contributed by atoms with E-state index < -0.39 is 6.16 Å². The molecule has 0 aliphatic heterocycles. The highest BCUT2D eigenvalue weighted by Gasteiger charge is 2.01. The lowest BCUT2D eigenvalue weighted by Gasteiger charge is -2.04. The van der Waals surface area contributed by atoms with Crippen molar-refractivity contribution in [2.24, 2.45) is 0 Å². The zero-order valence-electron chi connectivity index (χ0n) is 7.27. The summed E-state index contributed by atoms with van der Waals surface area (Å²) in [7, 11) is 0. The summed E-state index contributed by atoms with van der Waals surface area (Å²) < 4.78 is 13.7. The van der Waals surface area contributed by atoms with Crippen LogP contribution in [0.2, 0.25) is 0 Å². The van der Waals surface area contributed by atoms with Gasteiger partial charge in [0.05, 0.1) is 26.4 Å². The van der Waals surface area contributed by atoms with Gasteiger partial charge in [-0.1, -0.05) is 0 Å². The van der Waals surface area contributed by atoms with Crippen LogP contribution in [0.25, 0.3) is 0 Å². The van der Waals surface area contributed by atoms with Crippen molar-refractivity contribution in [3.8, 4) is 0 Å². The number of hydrogen-bond acceptors (Lipinski definition) is 6. The molecule has 0 radical (unpaired) electrons. The molecule has 0 heterocycles. The maximum Gasteiger partial charge on any atom is 0.508 e. The first-order valence-corrected chi connectivity index (χ1v) is 3.90. The second-order valence-corrected chi connectivity index (χ2v) is 2.01. The molecule has 0 aromatic carbocycles. The molecule has 0 fully saturated rings. The molecular formula is C7H14O6. The fourth-order valence-corrected chi connectivity index (χ4v) is 0.521. The lowest BCUT2D eigenvalue weighted by molar-refractivity contribution is 0.0147. The molecule has 78 valence electrons. The average Bonchev–Trinajstić information content (AvgIpc) is 2.14. The van der Waals surface area contributed by atoms with Crippen molar-refractivity contribution in [2.75, 3.05) is 39.6 Å². The first kappa shape index (κ1) is 12.2. The molecule has 0 amide bonds. The van der Waals surface area contributed by atoms with E-state index in [1.165, 1.54) is 0 Å². The topological polar surface area (TPSA) is 85.2 Å². The van der Waals surface area contributed by atoms with E-state index >= 15 is 0 Å². The van der Waals surface area contributed by atoms with Gasteiger partial charge in [-0.25, -0.2) is 4.79 Å². The molecule has 0 saturated carbocycles. The highest BCUT2D eigenvalue weighted by molar-refractivity contribution is 5.59. The molecule has 0 spiro atoms. The summed E-state index contributed by atoms with van der Waals surface area (Å²) in [5, 5.41) is 16.6. The molecule has 0 rings (SSSR count). The molecule has 6 heteroatoms. The van der Waals surface area contributed by atoms with Crippen molar-refractivity contribution < 1.29 is 29.2 Å². The number of aliphatic hydroxyl groups is 2. The zero-order valence-corrected chi connectivity index (χ0v) is 7.27. The van der Waals surface area contributed by atoms with Crippen molar-refractivity contribution in [3.05, 3.63) is 0 Å². The van der Waals surface area contributed by atoms with Crippen LogP contribution in [0, 0.1) is 0 Å². The van der Waals surface area contributed by atoms with Gasteiger partial charge in [0.25, 0.3) is 0 Å². The molecule has 0 bridgehead atoms. The van der Waals surface area contributed by atoms with Gasteiger partial charge < -0.3 is 24.4 Å². The van der Waals surface area contributed by atoms with Crippen LogP contribution in [-0.2, 0) is 14.2 Å². The van der Waals surface area contributed by atoms with Crippen LogP contribution >= 0.6 is 0 Å². The van der Waals surface area contributed by atoms with E-state index in [9.17, 15) is 4.79 Å². The molecule has 0 saturated heterocycles. The molecule has 2 N–H and O–H groups in total. The van der Waals surface area contributed by atoms with Crippen molar-refractivity contribution >= 4 is 6.16 Å². The lowest BCUT2D eigenvalue weighted by Crippen LogP contribution is -2.14. The number of ether oxygens (including phenoxy) is 3. The minimum atomic E-state index is -0.832. The third kappa shape index (κ3) is 9.06. The summed E-state index contributed by atoms with van der Waals surface area (Å²) in [5.74, 6) is 0. The minimum Gasteiger partial charge on any atom is -0.432 e. The van der Waals surface area contributed by atoms with E-state index in [4.69, 9.17) is 14.9 Å². The Bertz CT molecular complexity index is 126. The second kappa shape index (κ2) is 9.24. The summed E-state index contributed by atoms with van der Waals surface area (Å²) in [4.78, 5) is 10.6. The van der Waals surface area contributed by atoms with Crippen LogP contribution in [0.5, 0.6) is 0 Å². The molecule has 0 aromatic rings. The zero-order chi connectivity index (χ0) is 9.94. The summed E-state index contributed by atoms with van der Waals surface area (Å²) in [6.45, 7) is 0.148. The number of hydrogen-bond donors (Lipinski definition) is 2. The Morgan fingerprint density at radius 1 is 0.923 bits per heavy atom. The SMILES string of the molecule is O=C(OCCO)OCCOCCO.